The van der Waals surface area contributed by atoms with Gasteiger partial charge in [-0.3, -0.25) is 0 Å². The van der Waals surface area contributed by atoms with Crippen LogP contribution < -0.4 is 0 Å². The van der Waals surface area contributed by atoms with Gasteiger partial charge in [0.15, 0.2) is 0 Å². The molecule has 0 aromatic heterocycles. The van der Waals surface area contributed by atoms with Crippen molar-refractivity contribution in [2.24, 2.45) is 0 Å². The predicted octanol–water partition coefficient (Wildman–Crippen LogP) is 3.92. The van der Waals surface area contributed by atoms with Crippen molar-refractivity contribution >= 4 is 15.9 Å². The lowest BCUT2D eigenvalue weighted by Gasteiger charge is -2.10. The molecule has 0 aliphatic heterocycles. The first-order chi connectivity index (χ1) is 5.82. The number of alkyl halides is 3. The monoisotopic (exact) mass is 256 g/mol. The molecule has 13 heavy (non-hydrogen) atoms. The highest BCUT2D eigenvalue weighted by Gasteiger charge is 2.34. The molecule has 1 rings (SSSR count). The van der Waals surface area contributed by atoms with Gasteiger partial charge in [0.25, 0.3) is 0 Å². The van der Waals surface area contributed by atoms with Gasteiger partial charge in [0, 0.05) is 0 Å². The van der Waals surface area contributed by atoms with E-state index in [1.165, 1.54) is 6.92 Å². The molecular formula is C8H5BrF4. The van der Waals surface area contributed by atoms with Crippen LogP contribution in [0.4, 0.5) is 17.6 Å². The molecule has 0 nitrogen and oxygen atoms in total. The Morgan fingerprint density at radius 3 is 2.23 bits per heavy atom. The highest BCUT2D eigenvalue weighted by molar-refractivity contribution is 9.10. The third kappa shape index (κ3) is 2.21. The maximum atomic E-state index is 12.8. The standard InChI is InChI=1S/C8H5BrF4/c1-4-2-5(8(11,12)13)7(9)6(10)3-4/h2-3H,1H3. The van der Waals surface area contributed by atoms with Crippen molar-refractivity contribution in [3.63, 3.8) is 0 Å². The largest absolute Gasteiger partial charge is 0.417 e. The van der Waals surface area contributed by atoms with E-state index in [1.807, 2.05) is 0 Å². The van der Waals surface area contributed by atoms with Gasteiger partial charge in [-0.25, -0.2) is 4.39 Å². The highest BCUT2D eigenvalue weighted by atomic mass is 79.9. The molecule has 0 N–H and O–H groups in total. The summed E-state index contributed by atoms with van der Waals surface area (Å²) in [5.74, 6) is -0.896. The molecule has 0 aliphatic rings. The quantitative estimate of drug-likeness (QED) is 0.618. The fourth-order valence-electron chi connectivity index (χ4n) is 0.931. The van der Waals surface area contributed by atoms with Crippen LogP contribution >= 0.6 is 15.9 Å². The van der Waals surface area contributed by atoms with Gasteiger partial charge >= 0.3 is 6.18 Å². The Morgan fingerprint density at radius 2 is 1.77 bits per heavy atom. The van der Waals surface area contributed by atoms with E-state index in [4.69, 9.17) is 0 Å². The minimum atomic E-state index is -4.52. The van der Waals surface area contributed by atoms with Crippen molar-refractivity contribution in [2.75, 3.05) is 0 Å². The summed E-state index contributed by atoms with van der Waals surface area (Å²) in [6.07, 6.45) is -4.52. The molecule has 1 aromatic carbocycles. The number of benzene rings is 1. The SMILES string of the molecule is Cc1cc(F)c(Br)c(C(F)(F)F)c1. The summed E-state index contributed by atoms with van der Waals surface area (Å²) in [5, 5.41) is 0. The Hall–Kier alpha value is -0.580. The van der Waals surface area contributed by atoms with Crippen LogP contribution in [0.15, 0.2) is 16.6 Å². The van der Waals surface area contributed by atoms with Gasteiger partial charge in [-0.05, 0) is 40.5 Å². The zero-order chi connectivity index (χ0) is 10.2. The van der Waals surface area contributed by atoms with Crippen molar-refractivity contribution < 1.29 is 17.6 Å². The number of aryl methyl sites for hydroxylation is 1. The van der Waals surface area contributed by atoms with Gasteiger partial charge < -0.3 is 0 Å². The Labute approximate surface area is 80.7 Å². The molecule has 5 heteroatoms. The number of hydrogen-bond donors (Lipinski definition) is 0. The second-order valence-electron chi connectivity index (χ2n) is 2.61. The minimum Gasteiger partial charge on any atom is -0.206 e. The van der Waals surface area contributed by atoms with Gasteiger partial charge in [-0.2, -0.15) is 13.2 Å². The van der Waals surface area contributed by atoms with Crippen LogP contribution in [0.25, 0.3) is 0 Å². The first-order valence-corrected chi connectivity index (χ1v) is 4.14. The van der Waals surface area contributed by atoms with E-state index in [2.05, 4.69) is 15.9 Å². The second kappa shape index (κ2) is 3.29. The molecule has 0 unspecified atom stereocenters. The number of rotatable bonds is 0. The van der Waals surface area contributed by atoms with E-state index in [0.29, 0.717) is 0 Å². The van der Waals surface area contributed by atoms with E-state index < -0.39 is 22.0 Å². The average Bonchev–Trinajstić information content (AvgIpc) is 1.94. The third-order valence-corrected chi connectivity index (χ3v) is 2.28. The summed E-state index contributed by atoms with van der Waals surface area (Å²) in [6.45, 7) is 1.41. The van der Waals surface area contributed by atoms with Crippen molar-refractivity contribution in [1.29, 1.82) is 0 Å². The van der Waals surface area contributed by atoms with Crippen LogP contribution in [0.2, 0.25) is 0 Å². The lowest BCUT2D eigenvalue weighted by molar-refractivity contribution is -0.138. The topological polar surface area (TPSA) is 0 Å². The molecule has 0 aliphatic carbocycles. The summed E-state index contributed by atoms with van der Waals surface area (Å²) in [6, 6.07) is 1.94. The third-order valence-electron chi connectivity index (χ3n) is 1.48. The Balaban J connectivity index is 3.37. The minimum absolute atomic E-state index is 0.244. The van der Waals surface area contributed by atoms with Crippen molar-refractivity contribution in [2.45, 2.75) is 13.1 Å². The van der Waals surface area contributed by atoms with Gasteiger partial charge in [-0.15, -0.1) is 0 Å². The first kappa shape index (κ1) is 10.5. The predicted molar refractivity (Wildman–Crippen MR) is 43.8 cm³/mol. The number of halogens is 5. The van der Waals surface area contributed by atoms with Gasteiger partial charge in [0.05, 0.1) is 10.0 Å². The van der Waals surface area contributed by atoms with Crippen molar-refractivity contribution in [1.82, 2.24) is 0 Å². The molecule has 0 saturated heterocycles. The molecule has 0 bridgehead atoms. The zero-order valence-corrected chi connectivity index (χ0v) is 8.13. The lowest BCUT2D eigenvalue weighted by atomic mass is 10.1. The normalized spacial score (nSPS) is 11.8. The average molecular weight is 257 g/mol. The number of hydrogen-bond acceptors (Lipinski definition) is 0. The van der Waals surface area contributed by atoms with Crippen LogP contribution in [-0.4, -0.2) is 0 Å². The van der Waals surface area contributed by atoms with Gasteiger partial charge in [0.2, 0.25) is 0 Å². The van der Waals surface area contributed by atoms with Crippen LogP contribution in [-0.2, 0) is 6.18 Å². The van der Waals surface area contributed by atoms with Crippen LogP contribution in [0.3, 0.4) is 0 Å². The van der Waals surface area contributed by atoms with E-state index in [-0.39, 0.29) is 5.56 Å². The summed E-state index contributed by atoms with van der Waals surface area (Å²) in [4.78, 5) is 0. The smallest absolute Gasteiger partial charge is 0.206 e. The van der Waals surface area contributed by atoms with Crippen molar-refractivity contribution in [3.8, 4) is 0 Å². The molecule has 0 radical (unpaired) electrons. The Kier molecular flexibility index (Phi) is 2.66. The first-order valence-electron chi connectivity index (χ1n) is 3.35. The summed E-state index contributed by atoms with van der Waals surface area (Å²) in [5.41, 5.74) is -0.738. The maximum absolute atomic E-state index is 12.8. The van der Waals surface area contributed by atoms with Crippen LogP contribution in [0.5, 0.6) is 0 Å². The molecule has 0 heterocycles. The lowest BCUT2D eigenvalue weighted by Crippen LogP contribution is -2.07. The van der Waals surface area contributed by atoms with E-state index in [0.717, 1.165) is 12.1 Å². The highest BCUT2D eigenvalue weighted by Crippen LogP contribution is 2.36. The van der Waals surface area contributed by atoms with Gasteiger partial charge in [0.1, 0.15) is 5.82 Å². The summed E-state index contributed by atoms with van der Waals surface area (Å²) in [7, 11) is 0. The van der Waals surface area contributed by atoms with Gasteiger partial charge in [-0.1, -0.05) is 0 Å². The zero-order valence-electron chi connectivity index (χ0n) is 6.54. The fourth-order valence-corrected chi connectivity index (χ4v) is 1.38. The van der Waals surface area contributed by atoms with E-state index >= 15 is 0 Å². The summed E-state index contributed by atoms with van der Waals surface area (Å²) < 4.78 is 48.9. The van der Waals surface area contributed by atoms with E-state index in [1.54, 1.807) is 0 Å². The maximum Gasteiger partial charge on any atom is 0.417 e. The molecular weight excluding hydrogens is 252 g/mol. The molecule has 0 spiro atoms. The summed E-state index contributed by atoms with van der Waals surface area (Å²) >= 11 is 2.56. The second-order valence-corrected chi connectivity index (χ2v) is 3.40. The van der Waals surface area contributed by atoms with Crippen molar-refractivity contribution in [3.05, 3.63) is 33.5 Å². The molecule has 0 fully saturated rings. The van der Waals surface area contributed by atoms with Crippen LogP contribution in [0.1, 0.15) is 11.1 Å². The molecule has 0 saturated carbocycles. The molecule has 1 aromatic rings. The van der Waals surface area contributed by atoms with Crippen LogP contribution in [0, 0.1) is 12.7 Å². The fraction of sp³-hybridized carbons (Fsp3) is 0.250. The molecule has 0 atom stereocenters. The molecule has 0 amide bonds. The Morgan fingerprint density at radius 1 is 1.23 bits per heavy atom. The van der Waals surface area contributed by atoms with E-state index in [9.17, 15) is 17.6 Å². The molecule has 72 valence electrons. The Bertz CT molecular complexity index is 330.